The summed E-state index contributed by atoms with van der Waals surface area (Å²) < 4.78 is 39.6. The Labute approximate surface area is 117 Å². The Balaban J connectivity index is 2.22. The van der Waals surface area contributed by atoms with Crippen LogP contribution in [0.2, 0.25) is 0 Å². The molecule has 7 heteroatoms. The van der Waals surface area contributed by atoms with E-state index in [1.165, 1.54) is 16.6 Å². The maximum Gasteiger partial charge on any atom is 0.263 e. The number of rotatable bonds is 4. The number of piperidine rings is 1. The van der Waals surface area contributed by atoms with Crippen molar-refractivity contribution < 1.29 is 12.8 Å². The van der Waals surface area contributed by atoms with Crippen LogP contribution >= 0.6 is 11.6 Å². The van der Waals surface area contributed by atoms with E-state index >= 15 is 0 Å². The van der Waals surface area contributed by atoms with Gasteiger partial charge in [0.1, 0.15) is 0 Å². The van der Waals surface area contributed by atoms with Crippen LogP contribution < -0.4 is 0 Å². The number of aromatic nitrogens is 1. The van der Waals surface area contributed by atoms with Crippen molar-refractivity contribution in [2.75, 3.05) is 19.0 Å². The molecule has 1 atom stereocenters. The van der Waals surface area contributed by atoms with Crippen LogP contribution in [0.4, 0.5) is 4.39 Å². The molecule has 0 aliphatic carbocycles. The first-order valence-corrected chi connectivity index (χ1v) is 8.20. The lowest BCUT2D eigenvalue weighted by atomic mass is 9.97. The summed E-state index contributed by atoms with van der Waals surface area (Å²) in [6, 6.07) is 2.49. The van der Waals surface area contributed by atoms with Gasteiger partial charge in [0.25, 0.3) is 10.0 Å². The van der Waals surface area contributed by atoms with Gasteiger partial charge in [0, 0.05) is 25.2 Å². The second-order valence-corrected chi connectivity index (χ2v) is 6.87. The second kappa shape index (κ2) is 6.15. The van der Waals surface area contributed by atoms with Gasteiger partial charge in [-0.15, -0.1) is 11.6 Å². The highest BCUT2D eigenvalue weighted by molar-refractivity contribution is 7.89. The predicted octanol–water partition coefficient (Wildman–Crippen LogP) is 2.25. The molecule has 1 aromatic heterocycles. The van der Waals surface area contributed by atoms with Crippen molar-refractivity contribution in [2.45, 2.75) is 24.3 Å². The number of halogens is 2. The molecule has 0 bridgehead atoms. The van der Waals surface area contributed by atoms with Crippen LogP contribution in [0.1, 0.15) is 19.3 Å². The molecule has 0 spiro atoms. The number of nitrogens with zero attached hydrogens (tertiary/aromatic N) is 2. The number of pyridine rings is 1. The Morgan fingerprint density at radius 2 is 2.32 bits per heavy atom. The minimum Gasteiger partial charge on any atom is -0.241 e. The zero-order valence-corrected chi connectivity index (χ0v) is 12.0. The Bertz CT molecular complexity index is 536. The largest absolute Gasteiger partial charge is 0.263 e. The quantitative estimate of drug-likeness (QED) is 0.802. The molecular formula is C12H16ClFN2O2S. The van der Waals surface area contributed by atoms with E-state index in [2.05, 4.69) is 4.98 Å². The second-order valence-electron chi connectivity index (χ2n) is 4.64. The summed E-state index contributed by atoms with van der Waals surface area (Å²) in [6.45, 7) is 0.808. The smallest absolute Gasteiger partial charge is 0.241 e. The summed E-state index contributed by atoms with van der Waals surface area (Å²) >= 11 is 5.70. The third kappa shape index (κ3) is 3.24. The van der Waals surface area contributed by atoms with Gasteiger partial charge in [-0.2, -0.15) is 4.31 Å². The molecular weight excluding hydrogens is 291 g/mol. The van der Waals surface area contributed by atoms with Crippen molar-refractivity contribution in [3.8, 4) is 0 Å². The van der Waals surface area contributed by atoms with Gasteiger partial charge in [-0.3, -0.25) is 0 Å². The van der Waals surface area contributed by atoms with Gasteiger partial charge >= 0.3 is 0 Å². The highest BCUT2D eigenvalue weighted by Gasteiger charge is 2.32. The van der Waals surface area contributed by atoms with Crippen LogP contribution in [0.3, 0.4) is 0 Å². The van der Waals surface area contributed by atoms with E-state index in [1.807, 2.05) is 0 Å². The Morgan fingerprint density at radius 3 is 3.00 bits per heavy atom. The Kier molecular flexibility index (Phi) is 4.76. The first-order chi connectivity index (χ1) is 9.05. The molecule has 106 valence electrons. The minimum atomic E-state index is -3.84. The molecule has 0 saturated carbocycles. The number of hydrogen-bond donors (Lipinski definition) is 0. The Hall–Kier alpha value is -0.720. The molecule has 0 aromatic carbocycles. The van der Waals surface area contributed by atoms with Gasteiger partial charge in [0.15, 0.2) is 5.82 Å². The zero-order valence-electron chi connectivity index (χ0n) is 10.4. The van der Waals surface area contributed by atoms with Gasteiger partial charge in [0.05, 0.1) is 0 Å². The SMILES string of the molecule is O=S(=O)(c1ncccc1F)N1CCCC(CCCl)C1. The molecule has 1 aliphatic heterocycles. The molecule has 2 rings (SSSR count). The van der Waals surface area contributed by atoms with Gasteiger partial charge in [-0.1, -0.05) is 0 Å². The van der Waals surface area contributed by atoms with E-state index < -0.39 is 20.9 Å². The van der Waals surface area contributed by atoms with Crippen molar-refractivity contribution in [3.05, 3.63) is 24.1 Å². The van der Waals surface area contributed by atoms with Crippen molar-refractivity contribution in [1.82, 2.24) is 9.29 Å². The monoisotopic (exact) mass is 306 g/mol. The topological polar surface area (TPSA) is 50.3 Å². The molecule has 19 heavy (non-hydrogen) atoms. The predicted molar refractivity (Wildman–Crippen MR) is 71.0 cm³/mol. The van der Waals surface area contributed by atoms with E-state index in [0.29, 0.717) is 19.0 Å². The molecule has 1 unspecified atom stereocenters. The summed E-state index contributed by atoms with van der Waals surface area (Å²) in [5.41, 5.74) is 0. The van der Waals surface area contributed by atoms with Crippen molar-refractivity contribution >= 4 is 21.6 Å². The maximum atomic E-state index is 13.6. The lowest BCUT2D eigenvalue weighted by Gasteiger charge is -2.31. The molecule has 4 nitrogen and oxygen atoms in total. The fourth-order valence-electron chi connectivity index (χ4n) is 2.32. The fourth-order valence-corrected chi connectivity index (χ4v) is 4.16. The van der Waals surface area contributed by atoms with E-state index in [0.717, 1.165) is 25.3 Å². The first-order valence-electron chi connectivity index (χ1n) is 6.22. The average Bonchev–Trinajstić information content (AvgIpc) is 2.40. The molecule has 0 amide bonds. The lowest BCUT2D eigenvalue weighted by Crippen LogP contribution is -2.40. The Morgan fingerprint density at radius 1 is 1.53 bits per heavy atom. The first kappa shape index (κ1) is 14.7. The van der Waals surface area contributed by atoms with E-state index in [9.17, 15) is 12.8 Å². The highest BCUT2D eigenvalue weighted by Crippen LogP contribution is 2.25. The van der Waals surface area contributed by atoms with Gasteiger partial charge < -0.3 is 0 Å². The summed E-state index contributed by atoms with van der Waals surface area (Å²) in [6.07, 6.45) is 3.80. The molecule has 1 aliphatic rings. The normalized spacial score (nSPS) is 21.5. The molecule has 0 N–H and O–H groups in total. The summed E-state index contributed by atoms with van der Waals surface area (Å²) in [7, 11) is -3.84. The third-order valence-corrected chi connectivity index (χ3v) is 5.33. The molecule has 1 saturated heterocycles. The maximum absolute atomic E-state index is 13.6. The zero-order chi connectivity index (χ0) is 13.9. The van der Waals surface area contributed by atoms with Gasteiger partial charge in [-0.05, 0) is 37.3 Å². The minimum absolute atomic E-state index is 0.243. The van der Waals surface area contributed by atoms with Crippen LogP contribution in [-0.4, -0.2) is 36.7 Å². The summed E-state index contributed by atoms with van der Waals surface area (Å²) in [5, 5.41) is -0.485. The van der Waals surface area contributed by atoms with E-state index in [-0.39, 0.29) is 5.92 Å². The van der Waals surface area contributed by atoms with Crippen LogP contribution in [-0.2, 0) is 10.0 Å². The molecule has 1 fully saturated rings. The van der Waals surface area contributed by atoms with Crippen LogP contribution in [0.25, 0.3) is 0 Å². The summed E-state index contributed by atoms with van der Waals surface area (Å²) in [4.78, 5) is 3.67. The summed E-state index contributed by atoms with van der Waals surface area (Å²) in [5.74, 6) is -0.0500. The van der Waals surface area contributed by atoms with Gasteiger partial charge in [0.2, 0.25) is 5.03 Å². The standard InChI is InChI=1S/C12H16ClFN2O2S/c13-6-5-10-3-2-8-16(9-10)19(17,18)12-11(14)4-1-7-15-12/h1,4,7,10H,2-3,5-6,8-9H2. The molecule has 2 heterocycles. The number of sulfonamides is 1. The van der Waals surface area contributed by atoms with Crippen LogP contribution in [0.15, 0.2) is 23.4 Å². The van der Waals surface area contributed by atoms with Gasteiger partial charge in [-0.25, -0.2) is 17.8 Å². The average molecular weight is 307 g/mol. The van der Waals surface area contributed by atoms with Crippen molar-refractivity contribution in [3.63, 3.8) is 0 Å². The number of hydrogen-bond acceptors (Lipinski definition) is 3. The molecule has 1 aromatic rings. The highest BCUT2D eigenvalue weighted by atomic mass is 35.5. The van der Waals surface area contributed by atoms with Crippen LogP contribution in [0.5, 0.6) is 0 Å². The third-order valence-electron chi connectivity index (χ3n) is 3.31. The lowest BCUT2D eigenvalue weighted by molar-refractivity contribution is 0.261. The fraction of sp³-hybridized carbons (Fsp3) is 0.583. The van der Waals surface area contributed by atoms with E-state index in [4.69, 9.17) is 11.6 Å². The van der Waals surface area contributed by atoms with Crippen molar-refractivity contribution in [1.29, 1.82) is 0 Å². The molecule has 0 radical (unpaired) electrons. The van der Waals surface area contributed by atoms with Crippen molar-refractivity contribution in [2.24, 2.45) is 5.92 Å². The van der Waals surface area contributed by atoms with Crippen LogP contribution in [0, 0.1) is 11.7 Å². The van der Waals surface area contributed by atoms with E-state index in [1.54, 1.807) is 0 Å². The number of alkyl halides is 1.